The predicted molar refractivity (Wildman–Crippen MR) is 61.3 cm³/mol. The molecule has 0 rings (SSSR count). The number of ketones is 1. The normalized spacial score (nSPS) is 17.6. The van der Waals surface area contributed by atoms with E-state index in [1.165, 1.54) is 13.8 Å². The Morgan fingerprint density at radius 3 is 1.79 bits per heavy atom. The van der Waals surface area contributed by atoms with Crippen molar-refractivity contribution in [2.75, 3.05) is 5.75 Å². The molecule has 0 aliphatic carbocycles. The van der Waals surface area contributed by atoms with Gasteiger partial charge in [-0.3, -0.25) is 4.79 Å². The van der Waals surface area contributed by atoms with Crippen molar-refractivity contribution in [3.05, 3.63) is 0 Å². The maximum Gasteiger partial charge on any atom is 0.182 e. The zero-order chi connectivity index (χ0) is 11.8. The fourth-order valence-corrected chi connectivity index (χ4v) is 3.49. The molecule has 0 aromatic rings. The number of alkyl halides is 1. The quantitative estimate of drug-likeness (QED) is 0.746. The van der Waals surface area contributed by atoms with Crippen LogP contribution < -0.4 is 0 Å². The minimum Gasteiger partial charge on any atom is -0.296 e. The number of hydrogen-bond acceptors (Lipinski definition) is 3. The van der Waals surface area contributed by atoms with E-state index in [0.717, 1.165) is 0 Å². The number of hydrogen-bond donors (Lipinski definition) is 0. The second kappa shape index (κ2) is 3.93. The summed E-state index contributed by atoms with van der Waals surface area (Å²) >= 11 is 3.03. The highest BCUT2D eigenvalue weighted by atomic mass is 79.9. The second-order valence-electron chi connectivity index (χ2n) is 4.40. The van der Waals surface area contributed by atoms with Gasteiger partial charge in [0.05, 0.1) is 0 Å². The summed E-state index contributed by atoms with van der Waals surface area (Å²) in [5.74, 6) is -0.358. The van der Waals surface area contributed by atoms with Crippen LogP contribution in [0.1, 0.15) is 34.6 Å². The lowest BCUT2D eigenvalue weighted by atomic mass is 9.89. The summed E-state index contributed by atoms with van der Waals surface area (Å²) in [7, 11) is -3.41. The summed E-state index contributed by atoms with van der Waals surface area (Å²) in [4.78, 5) is 11.9. The fraction of sp³-hybridized carbons (Fsp3) is 0.889. The van der Waals surface area contributed by atoms with E-state index in [-0.39, 0.29) is 11.5 Å². The zero-order valence-electron chi connectivity index (χ0n) is 9.22. The van der Waals surface area contributed by atoms with Gasteiger partial charge >= 0.3 is 0 Å². The Hall–Kier alpha value is 0.1000. The summed E-state index contributed by atoms with van der Waals surface area (Å²) in [5, 5.41) is 0. The molecule has 0 aromatic heterocycles. The van der Waals surface area contributed by atoms with E-state index in [0.29, 0.717) is 0 Å². The van der Waals surface area contributed by atoms with Gasteiger partial charge in [0.2, 0.25) is 0 Å². The van der Waals surface area contributed by atoms with E-state index < -0.39 is 18.9 Å². The molecule has 0 fully saturated rings. The van der Waals surface area contributed by atoms with E-state index >= 15 is 0 Å². The number of halogens is 1. The molecule has 3 nitrogen and oxygen atoms in total. The molecule has 0 aliphatic rings. The van der Waals surface area contributed by atoms with E-state index in [1.807, 2.05) is 0 Å². The highest BCUT2D eigenvalue weighted by molar-refractivity contribution is 9.12. The van der Waals surface area contributed by atoms with Gasteiger partial charge in [0, 0.05) is 11.2 Å². The first-order valence-electron chi connectivity index (χ1n) is 4.43. The summed E-state index contributed by atoms with van der Waals surface area (Å²) in [5.41, 5.74) is -0.666. The van der Waals surface area contributed by atoms with E-state index in [1.54, 1.807) is 20.8 Å². The van der Waals surface area contributed by atoms with Crippen molar-refractivity contribution in [1.82, 2.24) is 0 Å². The molecule has 0 amide bonds. The molecule has 1 atom stereocenters. The average molecular weight is 285 g/mol. The van der Waals surface area contributed by atoms with Crippen molar-refractivity contribution < 1.29 is 13.2 Å². The number of rotatable bonds is 3. The van der Waals surface area contributed by atoms with Crippen molar-refractivity contribution in [3.8, 4) is 0 Å². The third-order valence-corrected chi connectivity index (χ3v) is 6.00. The van der Waals surface area contributed by atoms with Gasteiger partial charge in [0.15, 0.2) is 19.3 Å². The first kappa shape index (κ1) is 14.1. The lowest BCUT2D eigenvalue weighted by molar-refractivity contribution is -0.126. The number of sulfone groups is 1. The Labute approximate surface area is 94.3 Å². The second-order valence-corrected chi connectivity index (χ2v) is 9.13. The molecular weight excluding hydrogens is 268 g/mol. The first-order chi connectivity index (χ1) is 5.97. The highest BCUT2D eigenvalue weighted by Crippen LogP contribution is 2.34. The first-order valence-corrected chi connectivity index (χ1v) is 6.87. The minimum atomic E-state index is -3.41. The predicted octanol–water partition coefficient (Wildman–Crippen LogP) is 2.15. The number of carbonyl (C=O) groups excluding carboxylic acids is 1. The van der Waals surface area contributed by atoms with Crippen LogP contribution in [0.25, 0.3) is 0 Å². The van der Waals surface area contributed by atoms with Crippen molar-refractivity contribution in [2.45, 2.75) is 38.3 Å². The van der Waals surface area contributed by atoms with Crippen LogP contribution in [0.4, 0.5) is 0 Å². The summed E-state index contributed by atoms with van der Waals surface area (Å²) in [6.07, 6.45) is 0. The molecule has 0 heterocycles. The third-order valence-electron chi connectivity index (χ3n) is 2.05. The molecule has 0 saturated carbocycles. The van der Waals surface area contributed by atoms with Gasteiger partial charge < -0.3 is 0 Å². The standard InChI is InChI=1S/C9H17BrO3S/c1-6-14(12,13)9(5,10)7(11)8(2,3)4/h6H2,1-5H3. The average Bonchev–Trinajstić information content (AvgIpc) is 2.01. The monoisotopic (exact) mass is 284 g/mol. The third kappa shape index (κ3) is 2.57. The minimum absolute atomic E-state index is 0.0451. The summed E-state index contributed by atoms with van der Waals surface area (Å²) < 4.78 is 21.8. The molecule has 0 aromatic carbocycles. The number of carbonyl (C=O) groups is 1. The summed E-state index contributed by atoms with van der Waals surface area (Å²) in [6.45, 7) is 8.06. The van der Waals surface area contributed by atoms with Crippen LogP contribution in [0, 0.1) is 5.41 Å². The largest absolute Gasteiger partial charge is 0.296 e. The van der Waals surface area contributed by atoms with E-state index in [4.69, 9.17) is 0 Å². The maximum atomic E-state index is 11.9. The zero-order valence-corrected chi connectivity index (χ0v) is 11.6. The van der Waals surface area contributed by atoms with Gasteiger partial charge in [-0.05, 0) is 6.92 Å². The Bertz CT molecular complexity index is 322. The maximum absolute atomic E-state index is 11.9. The SMILES string of the molecule is CCS(=O)(=O)C(C)(Br)C(=O)C(C)(C)C. The van der Waals surface area contributed by atoms with Crippen LogP contribution in [-0.4, -0.2) is 23.6 Å². The van der Waals surface area contributed by atoms with Crippen LogP contribution in [0.15, 0.2) is 0 Å². The topological polar surface area (TPSA) is 51.2 Å². The van der Waals surface area contributed by atoms with Crippen LogP contribution >= 0.6 is 15.9 Å². The lowest BCUT2D eigenvalue weighted by Gasteiger charge is -2.28. The molecule has 84 valence electrons. The Morgan fingerprint density at radius 1 is 1.21 bits per heavy atom. The fourth-order valence-electron chi connectivity index (χ4n) is 1.08. The molecule has 5 heteroatoms. The van der Waals surface area contributed by atoms with Crippen LogP contribution in [0.5, 0.6) is 0 Å². The van der Waals surface area contributed by atoms with Gasteiger partial charge in [0.1, 0.15) is 0 Å². The summed E-state index contributed by atoms with van der Waals surface area (Å²) in [6, 6.07) is 0. The molecule has 0 radical (unpaired) electrons. The van der Waals surface area contributed by atoms with Gasteiger partial charge in [-0.15, -0.1) is 0 Å². The van der Waals surface area contributed by atoms with Crippen molar-refractivity contribution >= 4 is 31.6 Å². The molecule has 1 unspecified atom stereocenters. The van der Waals surface area contributed by atoms with Crippen LogP contribution in [0.3, 0.4) is 0 Å². The van der Waals surface area contributed by atoms with Crippen LogP contribution in [-0.2, 0) is 14.6 Å². The lowest BCUT2D eigenvalue weighted by Crippen LogP contribution is -2.44. The smallest absolute Gasteiger partial charge is 0.182 e. The highest BCUT2D eigenvalue weighted by Gasteiger charge is 2.46. The Kier molecular flexibility index (Phi) is 3.96. The molecule has 0 saturated heterocycles. The van der Waals surface area contributed by atoms with Crippen LogP contribution in [0.2, 0.25) is 0 Å². The van der Waals surface area contributed by atoms with Gasteiger partial charge in [0.25, 0.3) is 0 Å². The van der Waals surface area contributed by atoms with Crippen molar-refractivity contribution in [1.29, 1.82) is 0 Å². The van der Waals surface area contributed by atoms with Crippen molar-refractivity contribution in [3.63, 3.8) is 0 Å². The Morgan fingerprint density at radius 2 is 1.57 bits per heavy atom. The van der Waals surface area contributed by atoms with Gasteiger partial charge in [-0.1, -0.05) is 43.6 Å². The molecule has 0 N–H and O–H groups in total. The number of Topliss-reactive ketones (excluding diaryl/α,β-unsaturated/α-hetero) is 1. The van der Waals surface area contributed by atoms with Gasteiger partial charge in [-0.2, -0.15) is 0 Å². The molecule has 14 heavy (non-hydrogen) atoms. The van der Waals surface area contributed by atoms with Gasteiger partial charge in [-0.25, -0.2) is 8.42 Å². The molecular formula is C9H17BrO3S. The van der Waals surface area contributed by atoms with E-state index in [9.17, 15) is 13.2 Å². The molecule has 0 spiro atoms. The molecule has 0 aliphatic heterocycles. The van der Waals surface area contributed by atoms with Crippen molar-refractivity contribution in [2.24, 2.45) is 5.41 Å². The van der Waals surface area contributed by atoms with E-state index in [2.05, 4.69) is 15.9 Å². The molecule has 0 bridgehead atoms. The Balaban J connectivity index is 5.30.